The summed E-state index contributed by atoms with van der Waals surface area (Å²) >= 11 is 2.13. The summed E-state index contributed by atoms with van der Waals surface area (Å²) in [5, 5.41) is 3.53. The lowest BCUT2D eigenvalue weighted by molar-refractivity contribution is 0.323. The topological polar surface area (TPSA) is 15.3 Å². The van der Waals surface area contributed by atoms with Crippen LogP contribution >= 0.6 is 11.8 Å². The maximum Gasteiger partial charge on any atom is 0.0183 e. The third-order valence-corrected chi connectivity index (χ3v) is 5.15. The Hall–Kier alpha value is 0.270. The number of nitrogens with zero attached hydrogens (tertiary/aromatic N) is 1. The molecule has 0 aromatic rings. The molecule has 0 aromatic carbocycles. The monoisotopic (exact) mass is 258 g/mol. The highest BCUT2D eigenvalue weighted by atomic mass is 32.2. The van der Waals surface area contributed by atoms with Gasteiger partial charge in [0.1, 0.15) is 0 Å². The minimum absolute atomic E-state index is 0.749. The quantitative estimate of drug-likeness (QED) is 0.640. The fraction of sp³-hybridized carbons (Fsp3) is 1.00. The van der Waals surface area contributed by atoms with Gasteiger partial charge in [-0.1, -0.05) is 26.7 Å². The van der Waals surface area contributed by atoms with Crippen molar-refractivity contribution in [2.24, 2.45) is 5.92 Å². The summed E-state index contributed by atoms with van der Waals surface area (Å²) in [4.78, 5) is 2.51. The zero-order chi connectivity index (χ0) is 12.5. The minimum atomic E-state index is 0.749. The van der Waals surface area contributed by atoms with Crippen molar-refractivity contribution in [1.29, 1.82) is 0 Å². The van der Waals surface area contributed by atoms with Gasteiger partial charge < -0.3 is 10.2 Å². The largest absolute Gasteiger partial charge is 0.316 e. The zero-order valence-electron chi connectivity index (χ0n) is 11.9. The Bertz CT molecular complexity index is 177. The van der Waals surface area contributed by atoms with Crippen LogP contribution in [-0.2, 0) is 0 Å². The number of nitrogens with one attached hydrogen (secondary N) is 1. The molecule has 1 aliphatic rings. The van der Waals surface area contributed by atoms with E-state index >= 15 is 0 Å². The van der Waals surface area contributed by atoms with Gasteiger partial charge in [-0.05, 0) is 38.9 Å². The molecule has 1 rings (SSSR count). The molecule has 1 fully saturated rings. The van der Waals surface area contributed by atoms with Crippen LogP contribution in [0.25, 0.3) is 0 Å². The molecule has 0 aromatic heterocycles. The highest BCUT2D eigenvalue weighted by molar-refractivity contribution is 7.99. The number of thioether (sulfide) groups is 1. The summed E-state index contributed by atoms with van der Waals surface area (Å²) in [5.74, 6) is 3.52. The Labute approximate surface area is 112 Å². The van der Waals surface area contributed by atoms with E-state index in [9.17, 15) is 0 Å². The maximum absolute atomic E-state index is 3.53. The van der Waals surface area contributed by atoms with Gasteiger partial charge in [0.25, 0.3) is 0 Å². The van der Waals surface area contributed by atoms with Crippen molar-refractivity contribution in [3.8, 4) is 0 Å². The van der Waals surface area contributed by atoms with E-state index < -0.39 is 0 Å². The van der Waals surface area contributed by atoms with Gasteiger partial charge in [0, 0.05) is 24.1 Å². The predicted molar refractivity (Wildman–Crippen MR) is 79.9 cm³/mol. The van der Waals surface area contributed by atoms with Crippen molar-refractivity contribution in [2.75, 3.05) is 38.2 Å². The van der Waals surface area contributed by atoms with Crippen LogP contribution in [0, 0.1) is 5.92 Å². The Kier molecular flexibility index (Phi) is 8.33. The summed E-state index contributed by atoms with van der Waals surface area (Å²) in [7, 11) is 2.13. The average Bonchev–Trinajstić information content (AvgIpc) is 2.88. The third kappa shape index (κ3) is 5.62. The van der Waals surface area contributed by atoms with Gasteiger partial charge in [-0.15, -0.1) is 0 Å². The second-order valence-corrected chi connectivity index (χ2v) is 6.19. The van der Waals surface area contributed by atoms with Crippen LogP contribution in [0.2, 0.25) is 0 Å². The molecular formula is C14H30N2S. The van der Waals surface area contributed by atoms with Gasteiger partial charge in [-0.2, -0.15) is 11.8 Å². The second-order valence-electron chi connectivity index (χ2n) is 5.04. The summed E-state index contributed by atoms with van der Waals surface area (Å²) in [5.41, 5.74) is 0. The molecule has 1 aliphatic carbocycles. The molecule has 0 aliphatic heterocycles. The van der Waals surface area contributed by atoms with E-state index in [4.69, 9.17) is 0 Å². The van der Waals surface area contributed by atoms with E-state index in [1.165, 1.54) is 56.8 Å². The van der Waals surface area contributed by atoms with E-state index in [2.05, 4.69) is 42.9 Å². The Morgan fingerprint density at radius 2 is 1.88 bits per heavy atom. The molecule has 0 spiro atoms. The normalized spacial score (nSPS) is 19.1. The first-order chi connectivity index (χ1) is 8.31. The first kappa shape index (κ1) is 15.3. The third-order valence-electron chi connectivity index (χ3n) is 4.08. The van der Waals surface area contributed by atoms with Gasteiger partial charge >= 0.3 is 0 Å². The minimum Gasteiger partial charge on any atom is -0.316 e. The fourth-order valence-electron chi connectivity index (χ4n) is 2.76. The lowest BCUT2D eigenvalue weighted by atomic mass is 10.0. The van der Waals surface area contributed by atoms with Crippen molar-refractivity contribution < 1.29 is 0 Å². The zero-order valence-corrected chi connectivity index (χ0v) is 12.7. The van der Waals surface area contributed by atoms with Gasteiger partial charge in [-0.25, -0.2) is 0 Å². The van der Waals surface area contributed by atoms with Crippen LogP contribution in [-0.4, -0.2) is 49.1 Å². The number of hydrogen-bond donors (Lipinski definition) is 1. The van der Waals surface area contributed by atoms with Crippen LogP contribution in [0.4, 0.5) is 0 Å². The fourth-order valence-corrected chi connectivity index (χ4v) is 4.01. The van der Waals surface area contributed by atoms with Crippen molar-refractivity contribution in [1.82, 2.24) is 10.2 Å². The number of hydrogen-bond acceptors (Lipinski definition) is 3. The van der Waals surface area contributed by atoms with E-state index in [1.54, 1.807) is 0 Å². The van der Waals surface area contributed by atoms with E-state index in [0.29, 0.717) is 0 Å². The molecule has 2 nitrogen and oxygen atoms in total. The van der Waals surface area contributed by atoms with Crippen molar-refractivity contribution in [2.45, 2.75) is 45.6 Å². The highest BCUT2D eigenvalue weighted by Gasteiger charge is 2.23. The molecule has 0 heterocycles. The summed E-state index contributed by atoms with van der Waals surface area (Å²) < 4.78 is 0. The van der Waals surface area contributed by atoms with E-state index in [1.807, 2.05) is 0 Å². The molecule has 1 unspecified atom stereocenters. The first-order valence-corrected chi connectivity index (χ1v) is 8.44. The van der Waals surface area contributed by atoms with Gasteiger partial charge in [-0.3, -0.25) is 0 Å². The van der Waals surface area contributed by atoms with Gasteiger partial charge in [0.05, 0.1) is 0 Å². The molecule has 0 radical (unpaired) electrons. The second kappa shape index (κ2) is 9.23. The van der Waals surface area contributed by atoms with Crippen LogP contribution < -0.4 is 5.32 Å². The summed E-state index contributed by atoms with van der Waals surface area (Å²) in [6.07, 6.45) is 5.80. The molecule has 0 saturated heterocycles. The molecule has 1 saturated carbocycles. The lowest BCUT2D eigenvalue weighted by Gasteiger charge is -2.23. The summed E-state index contributed by atoms with van der Waals surface area (Å²) in [6.45, 7) is 8.13. The Balaban J connectivity index is 2.10. The van der Waals surface area contributed by atoms with Crippen LogP contribution in [0.15, 0.2) is 0 Å². The smallest absolute Gasteiger partial charge is 0.0183 e. The van der Waals surface area contributed by atoms with Crippen LogP contribution in [0.3, 0.4) is 0 Å². The Morgan fingerprint density at radius 3 is 2.41 bits per heavy atom. The molecule has 0 amide bonds. The first-order valence-electron chi connectivity index (χ1n) is 7.29. The van der Waals surface area contributed by atoms with Crippen molar-refractivity contribution in [3.05, 3.63) is 0 Å². The average molecular weight is 258 g/mol. The standard InChI is InChI=1S/C14H30N2S/c1-4-16(5-2)10-11-17-12-14(15-3)13-8-6-7-9-13/h13-15H,4-12H2,1-3H3. The summed E-state index contributed by atoms with van der Waals surface area (Å²) in [6, 6.07) is 0.749. The Morgan fingerprint density at radius 1 is 1.24 bits per heavy atom. The molecular weight excluding hydrogens is 228 g/mol. The van der Waals surface area contributed by atoms with E-state index in [0.717, 1.165) is 12.0 Å². The molecule has 1 N–H and O–H groups in total. The SMILES string of the molecule is CCN(CC)CCSCC(NC)C1CCCC1. The predicted octanol–water partition coefficient (Wildman–Crippen LogP) is 2.84. The highest BCUT2D eigenvalue weighted by Crippen LogP contribution is 2.28. The van der Waals surface area contributed by atoms with E-state index in [-0.39, 0.29) is 0 Å². The van der Waals surface area contributed by atoms with Crippen LogP contribution in [0.1, 0.15) is 39.5 Å². The lowest BCUT2D eigenvalue weighted by Crippen LogP contribution is -2.35. The molecule has 3 heteroatoms. The molecule has 1 atom stereocenters. The van der Waals surface area contributed by atoms with Gasteiger partial charge in [0.2, 0.25) is 0 Å². The van der Waals surface area contributed by atoms with Crippen LogP contribution in [0.5, 0.6) is 0 Å². The van der Waals surface area contributed by atoms with Crippen molar-refractivity contribution >= 4 is 11.8 Å². The van der Waals surface area contributed by atoms with Gasteiger partial charge in [0.15, 0.2) is 0 Å². The van der Waals surface area contributed by atoms with Crippen molar-refractivity contribution in [3.63, 3.8) is 0 Å². The molecule has 0 bridgehead atoms. The molecule has 102 valence electrons. The molecule has 17 heavy (non-hydrogen) atoms. The maximum atomic E-state index is 3.53. The number of rotatable bonds is 9.